The van der Waals surface area contributed by atoms with Crippen molar-refractivity contribution in [2.24, 2.45) is 13.0 Å². The Morgan fingerprint density at radius 1 is 1.21 bits per heavy atom. The number of carboxylic acids is 1. The van der Waals surface area contributed by atoms with Crippen LogP contribution in [-0.2, 0) is 27.9 Å². The molecule has 0 aliphatic carbocycles. The van der Waals surface area contributed by atoms with Gasteiger partial charge in [-0.2, -0.15) is 5.10 Å². The lowest BCUT2D eigenvalue weighted by Gasteiger charge is -2.16. The van der Waals surface area contributed by atoms with Gasteiger partial charge in [0.25, 0.3) is 0 Å². The fraction of sp³-hybridized carbons (Fsp3) is 0.625. The van der Waals surface area contributed by atoms with Crippen molar-refractivity contribution in [1.29, 1.82) is 0 Å². The number of aliphatic carboxylic acids is 1. The average Bonchev–Trinajstić information content (AvgIpc) is 2.70. The van der Waals surface area contributed by atoms with Crippen LogP contribution >= 0.6 is 0 Å². The second-order valence-corrected chi connectivity index (χ2v) is 6.31. The van der Waals surface area contributed by atoms with Crippen molar-refractivity contribution in [2.75, 3.05) is 6.54 Å². The minimum Gasteiger partial charge on any atom is -0.480 e. The first-order valence-electron chi connectivity index (χ1n) is 7.89. The van der Waals surface area contributed by atoms with Crippen LogP contribution in [0.1, 0.15) is 37.2 Å². The minimum absolute atomic E-state index is 0.132. The third kappa shape index (κ3) is 5.68. The van der Waals surface area contributed by atoms with Gasteiger partial charge in [0.1, 0.15) is 6.04 Å². The van der Waals surface area contributed by atoms with E-state index >= 15 is 0 Å². The largest absolute Gasteiger partial charge is 0.480 e. The van der Waals surface area contributed by atoms with Crippen molar-refractivity contribution in [3.63, 3.8) is 0 Å². The normalized spacial score (nSPS) is 12.1. The van der Waals surface area contributed by atoms with Crippen LogP contribution in [0.4, 0.5) is 0 Å². The van der Waals surface area contributed by atoms with Crippen molar-refractivity contribution in [2.45, 2.75) is 46.6 Å². The van der Waals surface area contributed by atoms with E-state index in [1.807, 2.05) is 27.7 Å². The van der Waals surface area contributed by atoms with E-state index in [0.29, 0.717) is 6.42 Å². The molecule has 1 rings (SSSR count). The van der Waals surface area contributed by atoms with Gasteiger partial charge >= 0.3 is 5.97 Å². The number of carbonyl (C=O) groups is 3. The highest BCUT2D eigenvalue weighted by molar-refractivity contribution is 5.88. The maximum atomic E-state index is 12.0. The molecule has 134 valence electrons. The molecule has 0 unspecified atom stereocenters. The van der Waals surface area contributed by atoms with Crippen LogP contribution in [0.5, 0.6) is 0 Å². The van der Waals surface area contributed by atoms with E-state index < -0.39 is 17.9 Å². The predicted octanol–water partition coefficient (Wildman–Crippen LogP) is 0.311. The molecule has 1 aromatic rings. The van der Waals surface area contributed by atoms with Crippen LogP contribution in [0.15, 0.2) is 0 Å². The van der Waals surface area contributed by atoms with Crippen molar-refractivity contribution in [1.82, 2.24) is 20.4 Å². The Balaban J connectivity index is 2.51. The molecule has 24 heavy (non-hydrogen) atoms. The Hall–Kier alpha value is -2.38. The highest BCUT2D eigenvalue weighted by atomic mass is 16.4. The Morgan fingerprint density at radius 2 is 1.83 bits per heavy atom. The zero-order valence-electron chi connectivity index (χ0n) is 14.8. The number of aryl methyl sites for hydroxylation is 2. The molecule has 1 heterocycles. The lowest BCUT2D eigenvalue weighted by Crippen LogP contribution is -2.46. The van der Waals surface area contributed by atoms with Crippen molar-refractivity contribution >= 4 is 17.8 Å². The number of hydrogen-bond donors (Lipinski definition) is 3. The Labute approximate surface area is 141 Å². The van der Waals surface area contributed by atoms with Gasteiger partial charge in [-0.3, -0.25) is 14.3 Å². The number of amides is 2. The second-order valence-electron chi connectivity index (χ2n) is 6.31. The summed E-state index contributed by atoms with van der Waals surface area (Å²) in [5.74, 6) is -1.77. The summed E-state index contributed by atoms with van der Waals surface area (Å²) in [7, 11) is 1.80. The molecule has 8 nitrogen and oxygen atoms in total. The molecular weight excluding hydrogens is 312 g/mol. The molecular formula is C16H26N4O4. The van der Waals surface area contributed by atoms with Crippen molar-refractivity contribution < 1.29 is 19.5 Å². The first-order valence-corrected chi connectivity index (χ1v) is 7.89. The molecule has 0 saturated carbocycles. The zero-order chi connectivity index (χ0) is 18.4. The first-order chi connectivity index (χ1) is 11.1. The van der Waals surface area contributed by atoms with E-state index in [9.17, 15) is 14.4 Å². The summed E-state index contributed by atoms with van der Waals surface area (Å²) in [6.45, 7) is 7.20. The predicted molar refractivity (Wildman–Crippen MR) is 88.4 cm³/mol. The van der Waals surface area contributed by atoms with Gasteiger partial charge in [0.15, 0.2) is 0 Å². The number of rotatable bonds is 8. The molecule has 0 radical (unpaired) electrons. The smallest absolute Gasteiger partial charge is 0.326 e. The number of aromatic nitrogens is 2. The van der Waals surface area contributed by atoms with Gasteiger partial charge in [-0.05, 0) is 26.2 Å². The Bertz CT molecular complexity index is 622. The van der Waals surface area contributed by atoms with E-state index in [0.717, 1.165) is 17.0 Å². The molecule has 3 N–H and O–H groups in total. The quantitative estimate of drug-likeness (QED) is 0.631. The van der Waals surface area contributed by atoms with Gasteiger partial charge in [-0.15, -0.1) is 0 Å². The van der Waals surface area contributed by atoms with Crippen molar-refractivity contribution in [3.05, 3.63) is 17.0 Å². The van der Waals surface area contributed by atoms with E-state index in [4.69, 9.17) is 5.11 Å². The van der Waals surface area contributed by atoms with Gasteiger partial charge in [0.05, 0.1) is 18.7 Å². The molecule has 1 aromatic heterocycles. The van der Waals surface area contributed by atoms with Crippen LogP contribution in [0.2, 0.25) is 0 Å². The first kappa shape index (κ1) is 19.7. The van der Waals surface area contributed by atoms with Gasteiger partial charge < -0.3 is 15.7 Å². The summed E-state index contributed by atoms with van der Waals surface area (Å²) in [5, 5.41) is 18.3. The Kier molecular flexibility index (Phi) is 6.94. The van der Waals surface area contributed by atoms with E-state index in [2.05, 4.69) is 15.7 Å². The number of carboxylic acid groups (broad SMARTS) is 1. The molecule has 0 aliphatic heterocycles. The summed E-state index contributed by atoms with van der Waals surface area (Å²) in [4.78, 5) is 34.9. The highest BCUT2D eigenvalue weighted by Gasteiger charge is 2.21. The molecule has 0 spiro atoms. The monoisotopic (exact) mass is 338 g/mol. The summed E-state index contributed by atoms with van der Waals surface area (Å²) >= 11 is 0. The Morgan fingerprint density at radius 3 is 2.29 bits per heavy atom. The SMILES string of the molecule is Cc1nn(C)c(C)c1CC(=O)NCC(=O)N[C@@H](CC(C)C)C(=O)O. The lowest BCUT2D eigenvalue weighted by molar-refractivity contribution is -0.142. The summed E-state index contributed by atoms with van der Waals surface area (Å²) in [6, 6.07) is -0.947. The standard InChI is InChI=1S/C16H26N4O4/c1-9(2)6-13(16(23)24)18-15(22)8-17-14(21)7-12-10(3)19-20(5)11(12)4/h9,13H,6-8H2,1-5H3,(H,17,21)(H,18,22)(H,23,24)/t13-/m0/s1. The minimum atomic E-state index is -1.08. The molecule has 0 fully saturated rings. The third-order valence-corrected chi connectivity index (χ3v) is 3.78. The summed E-state index contributed by atoms with van der Waals surface area (Å²) < 4.78 is 1.70. The molecule has 0 aliphatic rings. The van der Waals surface area contributed by atoms with Gasteiger partial charge in [-0.1, -0.05) is 13.8 Å². The van der Waals surface area contributed by atoms with Crippen LogP contribution < -0.4 is 10.6 Å². The van der Waals surface area contributed by atoms with E-state index in [1.165, 1.54) is 0 Å². The molecule has 0 aromatic carbocycles. The number of carbonyl (C=O) groups excluding carboxylic acids is 2. The lowest BCUT2D eigenvalue weighted by atomic mass is 10.0. The third-order valence-electron chi connectivity index (χ3n) is 3.78. The molecule has 2 amide bonds. The number of hydrogen-bond acceptors (Lipinski definition) is 4. The van der Waals surface area contributed by atoms with Gasteiger partial charge in [-0.25, -0.2) is 4.79 Å². The molecule has 0 bridgehead atoms. The molecule has 1 atom stereocenters. The van der Waals surface area contributed by atoms with Crippen LogP contribution in [0, 0.1) is 19.8 Å². The maximum Gasteiger partial charge on any atom is 0.326 e. The number of nitrogens with zero attached hydrogens (tertiary/aromatic N) is 2. The number of nitrogens with one attached hydrogen (secondary N) is 2. The maximum absolute atomic E-state index is 12.0. The topological polar surface area (TPSA) is 113 Å². The van der Waals surface area contributed by atoms with E-state index in [-0.39, 0.29) is 24.8 Å². The van der Waals surface area contributed by atoms with E-state index in [1.54, 1.807) is 11.7 Å². The average molecular weight is 338 g/mol. The van der Waals surface area contributed by atoms with Crippen LogP contribution in [0.3, 0.4) is 0 Å². The highest BCUT2D eigenvalue weighted by Crippen LogP contribution is 2.12. The van der Waals surface area contributed by atoms with Gasteiger partial charge in [0, 0.05) is 18.3 Å². The fourth-order valence-electron chi connectivity index (χ4n) is 2.41. The van der Waals surface area contributed by atoms with Crippen LogP contribution in [0.25, 0.3) is 0 Å². The molecule has 8 heteroatoms. The zero-order valence-corrected chi connectivity index (χ0v) is 14.8. The summed E-state index contributed by atoms with van der Waals surface area (Å²) in [5.41, 5.74) is 2.51. The summed E-state index contributed by atoms with van der Waals surface area (Å²) in [6.07, 6.45) is 0.468. The van der Waals surface area contributed by atoms with Gasteiger partial charge in [0.2, 0.25) is 11.8 Å². The van der Waals surface area contributed by atoms with Crippen LogP contribution in [-0.4, -0.2) is 45.3 Å². The molecule has 0 saturated heterocycles. The van der Waals surface area contributed by atoms with Crippen molar-refractivity contribution in [3.8, 4) is 0 Å². The fourth-order valence-corrected chi connectivity index (χ4v) is 2.41. The second kappa shape index (κ2) is 8.47.